The monoisotopic (exact) mass is 1040 g/mol. The zero-order valence-electron chi connectivity index (χ0n) is 42.0. The molecule has 386 valence electrons. The Morgan fingerprint density at radius 1 is 0.861 bits per heavy atom. The summed E-state index contributed by atoms with van der Waals surface area (Å²) in [6.45, 7) is 19.0. The van der Waals surface area contributed by atoms with Gasteiger partial charge in [0.15, 0.2) is 0 Å². The van der Waals surface area contributed by atoms with Crippen molar-refractivity contribution in [2.24, 2.45) is 5.41 Å². The maximum atomic E-state index is 13.6. The number of carbonyl (C=O) groups excluding carboxylic acids is 2. The Kier molecular flexibility index (Phi) is 17.2. The standard InChI is InChI=1S/C54H69ClN8O7S2/c1-53(2,3)70-52(65)62-33-29-60(30-34-62)39-54(4)23-21-48(40-11-15-43(55)16-12-40)42(36-54)37-59-27-31-61(32-28-59)45-17-13-41(14-18-45)51(64)57-72(68,69)47-19-20-49(50(35-47)63(66)67)56-44(22-26-58-24-8-25-58)38-71-46-9-6-5-7-10-46/h5-7,9-20,35,44,56H,8,21-34,36-39H2,1-4H3,(H,57,64)/t44-,54?/m1/s1. The van der Waals surface area contributed by atoms with Gasteiger partial charge in [-0.05, 0) is 143 Å². The maximum Gasteiger partial charge on any atom is 0.410 e. The summed E-state index contributed by atoms with van der Waals surface area (Å²) in [6.07, 6.45) is 4.70. The van der Waals surface area contributed by atoms with Crippen molar-refractivity contribution in [3.8, 4) is 0 Å². The molecule has 0 aromatic heterocycles. The highest BCUT2D eigenvalue weighted by atomic mass is 35.5. The molecule has 1 aliphatic carbocycles. The number of nitrogens with zero attached hydrogens (tertiary/aromatic N) is 6. The molecule has 15 nitrogen and oxygen atoms in total. The number of thioether (sulfide) groups is 1. The molecule has 3 heterocycles. The van der Waals surface area contributed by atoms with Gasteiger partial charge in [-0.15, -0.1) is 11.8 Å². The highest BCUT2D eigenvalue weighted by Gasteiger charge is 2.36. The van der Waals surface area contributed by atoms with Crippen LogP contribution in [0.25, 0.3) is 5.57 Å². The SMILES string of the molecule is CC1(CN2CCN(C(=O)OC(C)(C)C)CC2)CCC(c2ccc(Cl)cc2)=C(CN2CCN(c3ccc(C(=O)NS(=O)(=O)c4ccc(N[C@H](CCN5CCC5)CSc5ccccc5)c([N+](=O)[O-])c4)cc3)CC2)C1. The van der Waals surface area contributed by atoms with Crippen LogP contribution in [0.1, 0.15) is 75.7 Å². The number of allylic oxidation sites excluding steroid dienone is 1. The molecule has 3 aliphatic heterocycles. The zero-order chi connectivity index (χ0) is 51.0. The number of nitrogens with one attached hydrogen (secondary N) is 2. The lowest BCUT2D eigenvalue weighted by Crippen LogP contribution is -2.52. The third-order valence-corrected chi connectivity index (χ3v) is 16.9. The first-order valence-electron chi connectivity index (χ1n) is 25.2. The molecular weight excluding hydrogens is 972 g/mol. The lowest BCUT2D eigenvalue weighted by atomic mass is 9.71. The van der Waals surface area contributed by atoms with Crippen LogP contribution in [0.15, 0.2) is 112 Å². The summed E-state index contributed by atoms with van der Waals surface area (Å²) in [7, 11) is -4.46. The number of likely N-dealkylation sites (tertiary alicyclic amines) is 1. The second kappa shape index (κ2) is 23.4. The number of amides is 2. The van der Waals surface area contributed by atoms with E-state index in [0.717, 1.165) is 126 Å². The van der Waals surface area contributed by atoms with Crippen LogP contribution in [-0.2, 0) is 14.8 Å². The molecule has 0 spiro atoms. The molecule has 3 fully saturated rings. The molecule has 4 aromatic carbocycles. The number of hydrogen-bond donors (Lipinski definition) is 2. The van der Waals surface area contributed by atoms with Gasteiger partial charge in [-0.3, -0.25) is 24.7 Å². The number of nitro benzene ring substituents is 1. The third-order valence-electron chi connectivity index (χ3n) is 14.1. The van der Waals surface area contributed by atoms with Gasteiger partial charge >= 0.3 is 6.09 Å². The molecule has 4 aromatic rings. The van der Waals surface area contributed by atoms with E-state index in [1.165, 1.54) is 28.8 Å². The van der Waals surface area contributed by atoms with Crippen molar-refractivity contribution < 1.29 is 27.7 Å². The average Bonchev–Trinajstić information content (AvgIpc) is 3.33. The summed E-state index contributed by atoms with van der Waals surface area (Å²) < 4.78 is 34.9. The minimum absolute atomic E-state index is 0.0770. The van der Waals surface area contributed by atoms with Crippen LogP contribution >= 0.6 is 23.4 Å². The summed E-state index contributed by atoms with van der Waals surface area (Å²) in [4.78, 5) is 50.1. The first-order chi connectivity index (χ1) is 34.4. The Hall–Kier alpha value is -5.17. The van der Waals surface area contributed by atoms with E-state index in [4.69, 9.17) is 16.3 Å². The van der Waals surface area contributed by atoms with E-state index < -0.39 is 26.5 Å². The molecule has 0 saturated carbocycles. The van der Waals surface area contributed by atoms with Crippen LogP contribution < -0.4 is 14.9 Å². The summed E-state index contributed by atoms with van der Waals surface area (Å²) >= 11 is 7.98. The van der Waals surface area contributed by atoms with Gasteiger partial charge in [-0.1, -0.05) is 54.4 Å². The minimum Gasteiger partial charge on any atom is -0.444 e. The smallest absolute Gasteiger partial charge is 0.410 e. The first kappa shape index (κ1) is 53.1. The van der Waals surface area contributed by atoms with E-state index >= 15 is 0 Å². The Morgan fingerprint density at radius 2 is 1.54 bits per heavy atom. The number of hydrogen-bond acceptors (Lipinski definition) is 13. The zero-order valence-corrected chi connectivity index (χ0v) is 44.4. The summed E-state index contributed by atoms with van der Waals surface area (Å²) in [5, 5.41) is 16.4. The lowest BCUT2D eigenvalue weighted by molar-refractivity contribution is -0.384. The van der Waals surface area contributed by atoms with Gasteiger partial charge in [0.25, 0.3) is 21.6 Å². The van der Waals surface area contributed by atoms with Crippen LogP contribution in [0.5, 0.6) is 0 Å². The van der Waals surface area contributed by atoms with E-state index in [9.17, 15) is 28.1 Å². The number of halogens is 1. The quantitative estimate of drug-likeness (QED) is 0.0552. The number of piperazine rings is 2. The molecule has 18 heteroatoms. The van der Waals surface area contributed by atoms with E-state index in [-0.39, 0.29) is 39.4 Å². The summed E-state index contributed by atoms with van der Waals surface area (Å²) in [6, 6.07) is 28.6. The fourth-order valence-electron chi connectivity index (χ4n) is 10.1. The molecule has 8 rings (SSSR count). The van der Waals surface area contributed by atoms with Crippen molar-refractivity contribution in [1.29, 1.82) is 0 Å². The van der Waals surface area contributed by atoms with Gasteiger partial charge < -0.3 is 24.8 Å². The normalized spacial score (nSPS) is 19.9. The van der Waals surface area contributed by atoms with Crippen LogP contribution in [0.3, 0.4) is 0 Å². The molecule has 2 amide bonds. The fourth-order valence-corrected chi connectivity index (χ4v) is 12.2. The number of ether oxygens (including phenoxy) is 1. The Bertz CT molecular complexity index is 2670. The van der Waals surface area contributed by atoms with Gasteiger partial charge in [-0.25, -0.2) is 17.9 Å². The van der Waals surface area contributed by atoms with Crippen molar-refractivity contribution in [3.63, 3.8) is 0 Å². The van der Waals surface area contributed by atoms with Gasteiger partial charge in [-0.2, -0.15) is 0 Å². The Labute approximate surface area is 434 Å². The predicted octanol–water partition coefficient (Wildman–Crippen LogP) is 9.35. The Balaban J connectivity index is 0.862. The molecular formula is C54H69ClN8O7S2. The molecule has 0 bridgehead atoms. The van der Waals surface area contributed by atoms with Crippen LogP contribution in [0.4, 0.5) is 21.9 Å². The van der Waals surface area contributed by atoms with Crippen LogP contribution in [0, 0.1) is 15.5 Å². The topological polar surface area (TPSA) is 161 Å². The third kappa shape index (κ3) is 14.3. The minimum atomic E-state index is -4.46. The highest BCUT2D eigenvalue weighted by molar-refractivity contribution is 7.99. The first-order valence-corrected chi connectivity index (χ1v) is 28.0. The van der Waals surface area contributed by atoms with Gasteiger partial charge in [0.1, 0.15) is 11.3 Å². The molecule has 2 N–H and O–H groups in total. The summed E-state index contributed by atoms with van der Waals surface area (Å²) in [5.74, 6) is -0.167. The van der Waals surface area contributed by atoms with Gasteiger partial charge in [0.2, 0.25) is 0 Å². The molecule has 1 unspecified atom stereocenters. The predicted molar refractivity (Wildman–Crippen MR) is 288 cm³/mol. The largest absolute Gasteiger partial charge is 0.444 e. The highest BCUT2D eigenvalue weighted by Crippen LogP contribution is 2.44. The Morgan fingerprint density at radius 3 is 2.18 bits per heavy atom. The number of nitro groups is 1. The maximum absolute atomic E-state index is 13.6. The van der Waals surface area contributed by atoms with Gasteiger partial charge in [0.05, 0.1) is 9.82 Å². The van der Waals surface area contributed by atoms with Crippen molar-refractivity contribution in [2.45, 2.75) is 81.2 Å². The van der Waals surface area contributed by atoms with E-state index in [1.54, 1.807) is 23.9 Å². The van der Waals surface area contributed by atoms with Gasteiger partial charge in [0, 0.05) is 111 Å². The van der Waals surface area contributed by atoms with Crippen molar-refractivity contribution in [1.82, 2.24) is 24.3 Å². The average molecular weight is 1040 g/mol. The molecule has 4 aliphatic rings. The molecule has 2 atom stereocenters. The molecule has 72 heavy (non-hydrogen) atoms. The van der Waals surface area contributed by atoms with Crippen molar-refractivity contribution in [2.75, 3.05) is 101 Å². The lowest BCUT2D eigenvalue weighted by Gasteiger charge is -2.44. The molecule has 3 saturated heterocycles. The summed E-state index contributed by atoms with van der Waals surface area (Å²) in [5.41, 5.74) is 4.55. The number of sulfonamides is 1. The van der Waals surface area contributed by atoms with Crippen LogP contribution in [-0.4, -0.2) is 147 Å². The van der Waals surface area contributed by atoms with E-state index in [1.807, 2.05) is 80.3 Å². The number of rotatable bonds is 18. The second-order valence-electron chi connectivity index (χ2n) is 20.9. The van der Waals surface area contributed by atoms with E-state index in [0.29, 0.717) is 18.8 Å². The van der Waals surface area contributed by atoms with Crippen LogP contribution in [0.2, 0.25) is 5.02 Å². The number of anilines is 2. The van der Waals surface area contributed by atoms with Crippen molar-refractivity contribution in [3.05, 3.63) is 129 Å². The molecule has 0 radical (unpaired) electrons. The van der Waals surface area contributed by atoms with Crippen molar-refractivity contribution >= 4 is 68.0 Å². The second-order valence-corrected chi connectivity index (χ2v) is 24.2. The number of carbonyl (C=O) groups is 2. The number of benzene rings is 4. The van der Waals surface area contributed by atoms with E-state index in [2.05, 4.69) is 48.7 Å². The fraction of sp³-hybridized carbons (Fsp3) is 0.481.